The van der Waals surface area contributed by atoms with E-state index in [-0.39, 0.29) is 6.04 Å². The van der Waals surface area contributed by atoms with Gasteiger partial charge in [0.1, 0.15) is 0 Å². The van der Waals surface area contributed by atoms with Gasteiger partial charge in [-0.05, 0) is 26.3 Å². The summed E-state index contributed by atoms with van der Waals surface area (Å²) >= 11 is 0. The molecule has 1 aromatic carbocycles. The van der Waals surface area contributed by atoms with Crippen molar-refractivity contribution in [3.8, 4) is 11.3 Å². The molecule has 1 aliphatic rings. The van der Waals surface area contributed by atoms with E-state index in [1.807, 2.05) is 43.3 Å². The molecule has 5 nitrogen and oxygen atoms in total. The van der Waals surface area contributed by atoms with Crippen LogP contribution in [0.4, 0.5) is 0 Å². The third-order valence-electron chi connectivity index (χ3n) is 4.29. The molecule has 0 saturated carbocycles. The Morgan fingerprint density at radius 3 is 2.91 bits per heavy atom. The number of aromatic nitrogens is 2. The molecule has 0 amide bonds. The molecule has 4 rings (SSSR count). The maximum absolute atomic E-state index is 5.92. The number of rotatable bonds is 4. The highest BCUT2D eigenvalue weighted by atomic mass is 16.5. The Morgan fingerprint density at radius 2 is 2.13 bits per heavy atom. The van der Waals surface area contributed by atoms with Crippen LogP contribution in [0.15, 0.2) is 51.5 Å². The molecule has 3 heterocycles. The van der Waals surface area contributed by atoms with Gasteiger partial charge < -0.3 is 8.94 Å². The van der Waals surface area contributed by atoms with E-state index in [2.05, 4.69) is 15.0 Å². The lowest BCUT2D eigenvalue weighted by Crippen LogP contribution is -2.22. The first-order valence-corrected chi connectivity index (χ1v) is 7.97. The van der Waals surface area contributed by atoms with Gasteiger partial charge in [0.05, 0.1) is 24.5 Å². The lowest BCUT2D eigenvalue weighted by Gasteiger charge is -2.20. The summed E-state index contributed by atoms with van der Waals surface area (Å²) in [6.07, 6.45) is 4.03. The lowest BCUT2D eigenvalue weighted by molar-refractivity contribution is 0.191. The van der Waals surface area contributed by atoms with Crippen LogP contribution in [0.25, 0.3) is 11.3 Å². The van der Waals surface area contributed by atoms with Crippen LogP contribution >= 0.6 is 0 Å². The zero-order valence-electron chi connectivity index (χ0n) is 13.1. The molecule has 1 fully saturated rings. The Morgan fingerprint density at radius 1 is 1.26 bits per heavy atom. The molecule has 0 spiro atoms. The first-order chi connectivity index (χ1) is 11.3. The first kappa shape index (κ1) is 14.2. The Balaban J connectivity index is 1.50. The van der Waals surface area contributed by atoms with Crippen LogP contribution in [-0.2, 0) is 6.54 Å². The molecule has 2 aromatic heterocycles. The topological polar surface area (TPSA) is 55.3 Å². The van der Waals surface area contributed by atoms with Crippen molar-refractivity contribution in [2.75, 3.05) is 6.54 Å². The molecule has 5 heteroatoms. The van der Waals surface area contributed by atoms with E-state index in [1.165, 1.54) is 0 Å². The second-order valence-electron chi connectivity index (χ2n) is 5.98. The minimum Gasteiger partial charge on any atom is -0.439 e. The fourth-order valence-corrected chi connectivity index (χ4v) is 3.17. The van der Waals surface area contributed by atoms with E-state index in [9.17, 15) is 0 Å². The largest absolute Gasteiger partial charge is 0.439 e. The van der Waals surface area contributed by atoms with Gasteiger partial charge in [-0.25, -0.2) is 4.98 Å². The number of aryl methyl sites for hydroxylation is 1. The minimum atomic E-state index is 0.267. The maximum Gasteiger partial charge on any atom is 0.209 e. The number of hydrogen-bond acceptors (Lipinski definition) is 5. The van der Waals surface area contributed by atoms with Crippen LogP contribution in [0.2, 0.25) is 0 Å². The van der Waals surface area contributed by atoms with Crippen LogP contribution in [0, 0.1) is 6.92 Å². The lowest BCUT2D eigenvalue weighted by atomic mass is 10.1. The summed E-state index contributed by atoms with van der Waals surface area (Å²) in [6.45, 7) is 3.66. The number of hydrogen-bond donors (Lipinski definition) is 0. The van der Waals surface area contributed by atoms with Gasteiger partial charge in [-0.15, -0.1) is 0 Å². The normalized spacial score (nSPS) is 18.6. The van der Waals surface area contributed by atoms with E-state index >= 15 is 0 Å². The van der Waals surface area contributed by atoms with Crippen LogP contribution in [0.5, 0.6) is 0 Å². The van der Waals surface area contributed by atoms with E-state index in [1.54, 1.807) is 6.20 Å². The van der Waals surface area contributed by atoms with Crippen molar-refractivity contribution >= 4 is 0 Å². The van der Waals surface area contributed by atoms with Crippen LogP contribution < -0.4 is 0 Å². The smallest absolute Gasteiger partial charge is 0.209 e. The van der Waals surface area contributed by atoms with Crippen molar-refractivity contribution in [2.24, 2.45) is 0 Å². The van der Waals surface area contributed by atoms with E-state index in [4.69, 9.17) is 8.94 Å². The Hall–Kier alpha value is -2.40. The molecule has 118 valence electrons. The Bertz CT molecular complexity index is 778. The number of likely N-dealkylation sites (tertiary alicyclic amines) is 1. The summed E-state index contributed by atoms with van der Waals surface area (Å²) in [5, 5.41) is 4.01. The predicted molar refractivity (Wildman–Crippen MR) is 85.6 cm³/mol. The van der Waals surface area contributed by atoms with E-state index < -0.39 is 0 Å². The van der Waals surface area contributed by atoms with Crippen molar-refractivity contribution in [3.05, 3.63) is 59.9 Å². The van der Waals surface area contributed by atoms with Crippen molar-refractivity contribution in [3.63, 3.8) is 0 Å². The molecule has 0 bridgehead atoms. The fourth-order valence-electron chi connectivity index (χ4n) is 3.17. The first-order valence-electron chi connectivity index (χ1n) is 7.97. The molecule has 1 unspecified atom stereocenters. The molecule has 1 aliphatic heterocycles. The fraction of sp³-hybridized carbons (Fsp3) is 0.333. The number of oxazole rings is 1. The van der Waals surface area contributed by atoms with Crippen molar-refractivity contribution in [1.29, 1.82) is 0 Å². The quantitative estimate of drug-likeness (QED) is 0.729. The summed E-state index contributed by atoms with van der Waals surface area (Å²) in [7, 11) is 0. The van der Waals surface area contributed by atoms with Gasteiger partial charge in [0.25, 0.3) is 0 Å². The van der Waals surface area contributed by atoms with Gasteiger partial charge in [-0.3, -0.25) is 4.90 Å². The molecule has 1 saturated heterocycles. The highest BCUT2D eigenvalue weighted by Crippen LogP contribution is 2.33. The van der Waals surface area contributed by atoms with Crippen LogP contribution in [-0.4, -0.2) is 21.6 Å². The van der Waals surface area contributed by atoms with Crippen molar-refractivity contribution < 1.29 is 8.94 Å². The van der Waals surface area contributed by atoms with E-state index in [0.29, 0.717) is 6.54 Å². The standard InChI is InChI=1S/C18H19N3O2/c1-13-10-16(23-20-13)15-8-5-9-21(15)12-18-19-11-17(22-18)14-6-3-2-4-7-14/h2-4,6-7,10-11,15H,5,8-9,12H2,1H3. The molecule has 23 heavy (non-hydrogen) atoms. The highest BCUT2D eigenvalue weighted by molar-refractivity contribution is 5.55. The Kier molecular flexibility index (Phi) is 3.71. The van der Waals surface area contributed by atoms with Gasteiger partial charge in [-0.2, -0.15) is 0 Å². The second-order valence-corrected chi connectivity index (χ2v) is 5.98. The molecular formula is C18H19N3O2. The summed E-state index contributed by atoms with van der Waals surface area (Å²) < 4.78 is 11.4. The van der Waals surface area contributed by atoms with E-state index in [0.717, 1.165) is 48.1 Å². The van der Waals surface area contributed by atoms with Gasteiger partial charge in [0, 0.05) is 11.6 Å². The van der Waals surface area contributed by atoms with Crippen LogP contribution in [0.3, 0.4) is 0 Å². The van der Waals surface area contributed by atoms with Gasteiger partial charge in [0.2, 0.25) is 5.89 Å². The van der Waals surface area contributed by atoms with Gasteiger partial charge >= 0.3 is 0 Å². The Labute approximate surface area is 134 Å². The average Bonchev–Trinajstić information content (AvgIpc) is 3.29. The third-order valence-corrected chi connectivity index (χ3v) is 4.29. The number of benzene rings is 1. The number of nitrogens with zero attached hydrogens (tertiary/aromatic N) is 3. The highest BCUT2D eigenvalue weighted by Gasteiger charge is 2.30. The maximum atomic E-state index is 5.92. The summed E-state index contributed by atoms with van der Waals surface area (Å²) in [4.78, 5) is 6.78. The molecule has 1 atom stereocenters. The summed E-state index contributed by atoms with van der Waals surface area (Å²) in [5.74, 6) is 2.49. The minimum absolute atomic E-state index is 0.267. The zero-order chi connectivity index (χ0) is 15.6. The molecular weight excluding hydrogens is 290 g/mol. The zero-order valence-corrected chi connectivity index (χ0v) is 13.1. The van der Waals surface area contributed by atoms with Crippen molar-refractivity contribution in [1.82, 2.24) is 15.0 Å². The second kappa shape index (κ2) is 6.01. The van der Waals surface area contributed by atoms with Crippen molar-refractivity contribution in [2.45, 2.75) is 32.4 Å². The average molecular weight is 309 g/mol. The monoisotopic (exact) mass is 309 g/mol. The SMILES string of the molecule is Cc1cc(C2CCCN2Cc2ncc(-c3ccccc3)o2)on1. The molecule has 0 N–H and O–H groups in total. The molecule has 0 aliphatic carbocycles. The van der Waals surface area contributed by atoms with Gasteiger partial charge in [0.15, 0.2) is 11.5 Å². The molecule has 3 aromatic rings. The summed E-state index contributed by atoms with van der Waals surface area (Å²) in [6, 6.07) is 12.3. The van der Waals surface area contributed by atoms with Crippen LogP contribution in [0.1, 0.15) is 36.2 Å². The third kappa shape index (κ3) is 2.92. The predicted octanol–water partition coefficient (Wildman–Crippen LogP) is 3.98. The summed E-state index contributed by atoms with van der Waals surface area (Å²) in [5.41, 5.74) is 1.98. The van der Waals surface area contributed by atoms with Gasteiger partial charge in [-0.1, -0.05) is 35.5 Å². The molecule has 0 radical (unpaired) electrons.